The van der Waals surface area contributed by atoms with Crippen LogP contribution >= 0.6 is 0 Å². The lowest BCUT2D eigenvalue weighted by Crippen LogP contribution is -2.40. The highest BCUT2D eigenvalue weighted by Gasteiger charge is 2.15. The first-order valence-corrected chi connectivity index (χ1v) is 6.79. The van der Waals surface area contributed by atoms with Crippen LogP contribution in [-0.2, 0) is 0 Å². The molecule has 0 aliphatic rings. The molecule has 98 valence electrons. The van der Waals surface area contributed by atoms with Crippen LogP contribution in [0.25, 0.3) is 0 Å². The van der Waals surface area contributed by atoms with Crippen molar-refractivity contribution < 1.29 is 0 Å². The van der Waals surface area contributed by atoms with E-state index in [1.807, 2.05) is 0 Å². The van der Waals surface area contributed by atoms with E-state index in [2.05, 4.69) is 58.4 Å². The quantitative estimate of drug-likeness (QED) is 0.630. The van der Waals surface area contributed by atoms with Crippen LogP contribution < -0.4 is 0 Å². The average molecular weight is 228 g/mol. The molecular weight excluding hydrogens is 196 g/mol. The van der Waals surface area contributed by atoms with Crippen molar-refractivity contribution in [3.8, 4) is 0 Å². The van der Waals surface area contributed by atoms with Crippen molar-refractivity contribution in [1.29, 1.82) is 0 Å². The van der Waals surface area contributed by atoms with Crippen LogP contribution in [0.3, 0.4) is 0 Å². The predicted octanol–water partition coefficient (Wildman–Crippen LogP) is 2.94. The SMILES string of the molecule is CCN(C)CC(C)CN(CC(C)C)C(C)C. The molecule has 0 radical (unpaired) electrons. The fourth-order valence-corrected chi connectivity index (χ4v) is 2.08. The van der Waals surface area contributed by atoms with Crippen molar-refractivity contribution in [1.82, 2.24) is 9.80 Å². The van der Waals surface area contributed by atoms with Crippen molar-refractivity contribution in [3.63, 3.8) is 0 Å². The zero-order chi connectivity index (χ0) is 12.7. The maximum Gasteiger partial charge on any atom is 0.00388 e. The lowest BCUT2D eigenvalue weighted by atomic mass is 10.1. The van der Waals surface area contributed by atoms with Gasteiger partial charge in [-0.1, -0.05) is 27.7 Å². The Bertz CT molecular complexity index is 166. The molecule has 2 heteroatoms. The summed E-state index contributed by atoms with van der Waals surface area (Å²) in [5.74, 6) is 1.52. The van der Waals surface area contributed by atoms with Crippen LogP contribution in [0.4, 0.5) is 0 Å². The van der Waals surface area contributed by atoms with Crippen LogP contribution in [0, 0.1) is 11.8 Å². The molecule has 0 fully saturated rings. The summed E-state index contributed by atoms with van der Waals surface area (Å²) in [5.41, 5.74) is 0. The number of nitrogens with zero attached hydrogens (tertiary/aromatic N) is 2. The molecule has 1 atom stereocenters. The molecule has 0 rings (SSSR count). The minimum atomic E-state index is 0.664. The maximum absolute atomic E-state index is 2.61. The summed E-state index contributed by atoms with van der Waals surface area (Å²) in [7, 11) is 2.21. The lowest BCUT2D eigenvalue weighted by Gasteiger charge is -2.32. The Labute approximate surface area is 103 Å². The van der Waals surface area contributed by atoms with Gasteiger partial charge in [-0.05, 0) is 39.3 Å². The van der Waals surface area contributed by atoms with Gasteiger partial charge in [0.25, 0.3) is 0 Å². The van der Waals surface area contributed by atoms with Gasteiger partial charge in [-0.2, -0.15) is 0 Å². The van der Waals surface area contributed by atoms with Crippen LogP contribution in [0.5, 0.6) is 0 Å². The molecule has 16 heavy (non-hydrogen) atoms. The summed E-state index contributed by atoms with van der Waals surface area (Å²) in [4.78, 5) is 5.01. The fraction of sp³-hybridized carbons (Fsp3) is 1.00. The maximum atomic E-state index is 2.61. The van der Waals surface area contributed by atoms with Gasteiger partial charge in [0.1, 0.15) is 0 Å². The topological polar surface area (TPSA) is 6.48 Å². The van der Waals surface area contributed by atoms with Crippen molar-refractivity contribution in [2.45, 2.75) is 47.6 Å². The average Bonchev–Trinajstić information content (AvgIpc) is 2.15. The third-order valence-corrected chi connectivity index (χ3v) is 3.04. The molecular formula is C14H32N2. The number of rotatable bonds is 8. The Balaban J connectivity index is 4.07. The molecule has 0 spiro atoms. The van der Waals surface area contributed by atoms with Crippen LogP contribution in [0.15, 0.2) is 0 Å². The normalized spacial score (nSPS) is 14.4. The van der Waals surface area contributed by atoms with Crippen molar-refractivity contribution in [3.05, 3.63) is 0 Å². The van der Waals surface area contributed by atoms with E-state index in [-0.39, 0.29) is 0 Å². The first-order chi connectivity index (χ1) is 7.36. The smallest absolute Gasteiger partial charge is 0.00388 e. The molecule has 0 aromatic rings. The van der Waals surface area contributed by atoms with E-state index < -0.39 is 0 Å². The predicted molar refractivity (Wildman–Crippen MR) is 73.9 cm³/mol. The third-order valence-electron chi connectivity index (χ3n) is 3.04. The Hall–Kier alpha value is -0.0800. The van der Waals surface area contributed by atoms with Crippen LogP contribution in [0.2, 0.25) is 0 Å². The highest BCUT2D eigenvalue weighted by atomic mass is 15.2. The first-order valence-electron chi connectivity index (χ1n) is 6.79. The fourth-order valence-electron chi connectivity index (χ4n) is 2.08. The second-order valence-electron chi connectivity index (χ2n) is 5.90. The third kappa shape index (κ3) is 7.24. The largest absolute Gasteiger partial charge is 0.306 e. The lowest BCUT2D eigenvalue weighted by molar-refractivity contribution is 0.155. The zero-order valence-electron chi connectivity index (χ0n) is 12.5. The molecule has 0 aromatic carbocycles. The van der Waals surface area contributed by atoms with Gasteiger partial charge in [0.05, 0.1) is 0 Å². The molecule has 0 saturated carbocycles. The van der Waals surface area contributed by atoms with Crippen molar-refractivity contribution >= 4 is 0 Å². The number of hydrogen-bond acceptors (Lipinski definition) is 2. The van der Waals surface area contributed by atoms with E-state index in [1.54, 1.807) is 0 Å². The molecule has 1 unspecified atom stereocenters. The highest BCUT2D eigenvalue weighted by Crippen LogP contribution is 2.09. The van der Waals surface area contributed by atoms with Crippen molar-refractivity contribution in [2.75, 3.05) is 33.2 Å². The van der Waals surface area contributed by atoms with Gasteiger partial charge in [-0.3, -0.25) is 0 Å². The zero-order valence-corrected chi connectivity index (χ0v) is 12.5. The second kappa shape index (κ2) is 8.08. The summed E-state index contributed by atoms with van der Waals surface area (Å²) in [6, 6.07) is 0.664. The highest BCUT2D eigenvalue weighted by molar-refractivity contribution is 4.69. The molecule has 0 amide bonds. The van der Waals surface area contributed by atoms with Gasteiger partial charge in [-0.25, -0.2) is 0 Å². The standard InChI is InChI=1S/C14H32N2/c1-8-15(7)10-14(6)11-16(13(4)5)9-12(2)3/h12-14H,8-11H2,1-7H3. The van der Waals surface area contributed by atoms with E-state index >= 15 is 0 Å². The summed E-state index contributed by atoms with van der Waals surface area (Å²) in [6.45, 7) is 18.6. The van der Waals surface area contributed by atoms with E-state index in [4.69, 9.17) is 0 Å². The summed E-state index contributed by atoms with van der Waals surface area (Å²) < 4.78 is 0. The molecule has 0 saturated heterocycles. The van der Waals surface area contributed by atoms with E-state index in [0.29, 0.717) is 6.04 Å². The molecule has 2 nitrogen and oxygen atoms in total. The first kappa shape index (κ1) is 15.9. The van der Waals surface area contributed by atoms with Gasteiger partial charge < -0.3 is 9.80 Å². The molecule has 0 aliphatic heterocycles. The molecule has 0 bridgehead atoms. The molecule has 0 N–H and O–H groups in total. The van der Waals surface area contributed by atoms with Gasteiger partial charge in [0.2, 0.25) is 0 Å². The Kier molecular flexibility index (Phi) is 8.04. The van der Waals surface area contributed by atoms with Gasteiger partial charge in [0, 0.05) is 25.7 Å². The second-order valence-corrected chi connectivity index (χ2v) is 5.90. The minimum absolute atomic E-state index is 0.664. The van der Waals surface area contributed by atoms with E-state index in [1.165, 1.54) is 19.6 Å². The summed E-state index contributed by atoms with van der Waals surface area (Å²) in [5, 5.41) is 0. The monoisotopic (exact) mass is 228 g/mol. The van der Waals surface area contributed by atoms with Gasteiger partial charge in [0.15, 0.2) is 0 Å². The Morgan fingerprint density at radius 1 is 0.875 bits per heavy atom. The van der Waals surface area contributed by atoms with Crippen LogP contribution in [-0.4, -0.2) is 49.1 Å². The van der Waals surface area contributed by atoms with E-state index in [0.717, 1.165) is 18.4 Å². The Morgan fingerprint density at radius 3 is 1.81 bits per heavy atom. The van der Waals surface area contributed by atoms with E-state index in [9.17, 15) is 0 Å². The Morgan fingerprint density at radius 2 is 1.44 bits per heavy atom. The minimum Gasteiger partial charge on any atom is -0.306 e. The summed E-state index contributed by atoms with van der Waals surface area (Å²) >= 11 is 0. The number of hydrogen-bond donors (Lipinski definition) is 0. The van der Waals surface area contributed by atoms with Gasteiger partial charge in [-0.15, -0.1) is 0 Å². The summed E-state index contributed by atoms with van der Waals surface area (Å²) in [6.07, 6.45) is 0. The van der Waals surface area contributed by atoms with Gasteiger partial charge >= 0.3 is 0 Å². The molecule has 0 heterocycles. The molecule has 0 aliphatic carbocycles. The van der Waals surface area contributed by atoms with Crippen molar-refractivity contribution in [2.24, 2.45) is 11.8 Å². The van der Waals surface area contributed by atoms with Crippen LogP contribution in [0.1, 0.15) is 41.5 Å². The molecule has 0 aromatic heterocycles.